The van der Waals surface area contributed by atoms with Gasteiger partial charge in [-0.25, -0.2) is 9.97 Å². The van der Waals surface area contributed by atoms with Crippen LogP contribution in [-0.2, 0) is 0 Å². The molecule has 112 valence electrons. The van der Waals surface area contributed by atoms with Crippen molar-refractivity contribution in [2.45, 2.75) is 33.6 Å². The number of fused-ring (bicyclic) bond motifs is 1. The first-order valence-electron chi connectivity index (χ1n) is 7.70. The van der Waals surface area contributed by atoms with Crippen LogP contribution in [-0.4, -0.2) is 23.1 Å². The van der Waals surface area contributed by atoms with Crippen LogP contribution in [0.15, 0.2) is 24.5 Å². The van der Waals surface area contributed by atoms with Crippen LogP contribution in [0.25, 0.3) is 10.9 Å². The van der Waals surface area contributed by atoms with Crippen molar-refractivity contribution in [1.82, 2.24) is 9.97 Å². The first-order chi connectivity index (χ1) is 9.95. The minimum Gasteiger partial charge on any atom is -0.399 e. The molecule has 1 aromatic carbocycles. The van der Waals surface area contributed by atoms with Crippen molar-refractivity contribution >= 4 is 22.4 Å². The molecule has 0 aliphatic carbocycles. The third-order valence-electron chi connectivity index (χ3n) is 4.66. The number of nitrogens with two attached hydrogens (primary N) is 1. The zero-order valence-corrected chi connectivity index (χ0v) is 13.1. The van der Waals surface area contributed by atoms with E-state index in [9.17, 15) is 0 Å². The summed E-state index contributed by atoms with van der Waals surface area (Å²) < 4.78 is 0. The lowest BCUT2D eigenvalue weighted by Gasteiger charge is -2.39. The number of rotatable bonds is 1. The number of nitrogen functional groups attached to an aromatic ring is 1. The number of nitrogens with zero attached hydrogens (tertiary/aromatic N) is 3. The van der Waals surface area contributed by atoms with Gasteiger partial charge in [0.15, 0.2) is 0 Å². The van der Waals surface area contributed by atoms with E-state index in [1.54, 1.807) is 6.33 Å². The van der Waals surface area contributed by atoms with Crippen LogP contribution >= 0.6 is 0 Å². The second-order valence-electron chi connectivity index (χ2n) is 7.10. The van der Waals surface area contributed by atoms with Crippen LogP contribution in [0.3, 0.4) is 0 Å². The summed E-state index contributed by atoms with van der Waals surface area (Å²) in [4.78, 5) is 11.2. The molecular formula is C17H24N4. The van der Waals surface area contributed by atoms with Gasteiger partial charge in [-0.05, 0) is 42.4 Å². The molecule has 1 fully saturated rings. The maximum Gasteiger partial charge on any atom is 0.139 e. The topological polar surface area (TPSA) is 55.0 Å². The molecule has 0 radical (unpaired) electrons. The normalized spacial score (nSPS) is 17.4. The summed E-state index contributed by atoms with van der Waals surface area (Å²) in [5, 5.41) is 1.06. The minimum atomic E-state index is 0.393. The molecule has 0 bridgehead atoms. The Bertz CT molecular complexity index is 637. The number of benzene rings is 1. The molecule has 4 heteroatoms. The quantitative estimate of drug-likeness (QED) is 0.815. The van der Waals surface area contributed by atoms with Crippen molar-refractivity contribution < 1.29 is 0 Å². The Balaban J connectivity index is 1.87. The molecule has 21 heavy (non-hydrogen) atoms. The Labute approximate surface area is 126 Å². The predicted octanol–water partition coefficient (Wildman–Crippen LogP) is 3.47. The Morgan fingerprint density at radius 2 is 1.86 bits per heavy atom. The lowest BCUT2D eigenvalue weighted by Crippen LogP contribution is -2.38. The summed E-state index contributed by atoms with van der Waals surface area (Å²) in [5.74, 6) is 1.81. The average Bonchev–Trinajstić information content (AvgIpc) is 2.46. The summed E-state index contributed by atoms with van der Waals surface area (Å²) in [6.45, 7) is 9.14. The van der Waals surface area contributed by atoms with Crippen molar-refractivity contribution in [3.05, 3.63) is 24.5 Å². The molecular weight excluding hydrogens is 260 g/mol. The Morgan fingerprint density at radius 3 is 2.52 bits per heavy atom. The molecule has 2 heterocycles. The zero-order valence-electron chi connectivity index (χ0n) is 13.1. The first kappa shape index (κ1) is 14.1. The van der Waals surface area contributed by atoms with Crippen molar-refractivity contribution in [2.75, 3.05) is 23.7 Å². The predicted molar refractivity (Wildman–Crippen MR) is 88.3 cm³/mol. The standard InChI is InChI=1S/C17H24N4/c1-17(2,3)12-6-8-21(9-7-12)16-14-10-13(18)4-5-15(14)19-11-20-16/h4-5,10-12H,6-9,18H2,1-3H3. The minimum absolute atomic E-state index is 0.393. The number of piperidine rings is 1. The van der Waals surface area contributed by atoms with Gasteiger partial charge in [0.1, 0.15) is 12.1 Å². The highest BCUT2D eigenvalue weighted by Crippen LogP contribution is 2.36. The molecule has 1 aliphatic rings. The van der Waals surface area contributed by atoms with Gasteiger partial charge in [-0.15, -0.1) is 0 Å². The molecule has 0 atom stereocenters. The highest BCUT2D eigenvalue weighted by Gasteiger charge is 2.29. The first-order valence-corrected chi connectivity index (χ1v) is 7.70. The Kier molecular flexibility index (Phi) is 3.47. The zero-order chi connectivity index (χ0) is 15.0. The number of hydrogen-bond acceptors (Lipinski definition) is 4. The highest BCUT2D eigenvalue weighted by atomic mass is 15.2. The molecule has 3 rings (SSSR count). The smallest absolute Gasteiger partial charge is 0.139 e. The SMILES string of the molecule is CC(C)(C)C1CCN(c2ncnc3ccc(N)cc23)CC1. The fraction of sp³-hybridized carbons (Fsp3) is 0.529. The fourth-order valence-corrected chi connectivity index (χ4v) is 3.27. The van der Waals surface area contributed by atoms with Crippen LogP contribution in [0.4, 0.5) is 11.5 Å². The molecule has 0 unspecified atom stereocenters. The summed E-state index contributed by atoms with van der Waals surface area (Å²) in [6, 6.07) is 5.85. The van der Waals surface area contributed by atoms with Gasteiger partial charge in [-0.3, -0.25) is 0 Å². The van der Waals surface area contributed by atoms with Crippen molar-refractivity contribution in [3.8, 4) is 0 Å². The third-order valence-corrected chi connectivity index (χ3v) is 4.66. The van der Waals surface area contributed by atoms with Gasteiger partial charge >= 0.3 is 0 Å². The maximum absolute atomic E-state index is 5.93. The van der Waals surface area contributed by atoms with Gasteiger partial charge in [0.25, 0.3) is 0 Å². The van der Waals surface area contributed by atoms with Crippen LogP contribution in [0.2, 0.25) is 0 Å². The van der Waals surface area contributed by atoms with Gasteiger partial charge in [0.2, 0.25) is 0 Å². The van der Waals surface area contributed by atoms with Crippen LogP contribution in [0.5, 0.6) is 0 Å². The lowest BCUT2D eigenvalue weighted by atomic mass is 9.75. The van der Waals surface area contributed by atoms with Gasteiger partial charge in [0, 0.05) is 24.2 Å². The van der Waals surface area contributed by atoms with E-state index in [0.717, 1.165) is 41.4 Å². The van der Waals surface area contributed by atoms with E-state index < -0.39 is 0 Å². The van der Waals surface area contributed by atoms with Crippen LogP contribution in [0.1, 0.15) is 33.6 Å². The van der Waals surface area contributed by atoms with E-state index >= 15 is 0 Å². The van der Waals surface area contributed by atoms with E-state index in [4.69, 9.17) is 5.73 Å². The molecule has 2 N–H and O–H groups in total. The molecule has 2 aromatic rings. The van der Waals surface area contributed by atoms with E-state index in [2.05, 4.69) is 35.6 Å². The fourth-order valence-electron chi connectivity index (χ4n) is 3.27. The van der Waals surface area contributed by atoms with E-state index in [1.807, 2.05) is 18.2 Å². The number of aromatic nitrogens is 2. The van der Waals surface area contributed by atoms with Crippen LogP contribution < -0.4 is 10.6 Å². The third kappa shape index (κ3) is 2.80. The Morgan fingerprint density at radius 1 is 1.14 bits per heavy atom. The van der Waals surface area contributed by atoms with Gasteiger partial charge in [-0.1, -0.05) is 20.8 Å². The van der Waals surface area contributed by atoms with Gasteiger partial charge in [0.05, 0.1) is 5.52 Å². The molecule has 0 saturated carbocycles. The number of hydrogen-bond donors (Lipinski definition) is 1. The molecule has 1 aliphatic heterocycles. The molecule has 0 amide bonds. The largest absolute Gasteiger partial charge is 0.399 e. The van der Waals surface area contributed by atoms with Crippen LogP contribution in [0, 0.1) is 11.3 Å². The lowest BCUT2D eigenvalue weighted by molar-refractivity contribution is 0.199. The van der Waals surface area contributed by atoms with Gasteiger partial charge in [-0.2, -0.15) is 0 Å². The van der Waals surface area contributed by atoms with E-state index in [-0.39, 0.29) is 0 Å². The summed E-state index contributed by atoms with van der Waals surface area (Å²) in [6.07, 6.45) is 4.10. The molecule has 4 nitrogen and oxygen atoms in total. The number of anilines is 2. The Hall–Kier alpha value is -1.84. The average molecular weight is 284 g/mol. The monoisotopic (exact) mass is 284 g/mol. The second-order valence-corrected chi connectivity index (χ2v) is 7.10. The second kappa shape index (κ2) is 5.17. The molecule has 1 saturated heterocycles. The highest BCUT2D eigenvalue weighted by molar-refractivity contribution is 5.91. The summed E-state index contributed by atoms with van der Waals surface area (Å²) in [7, 11) is 0. The van der Waals surface area contributed by atoms with E-state index in [1.165, 1.54) is 12.8 Å². The van der Waals surface area contributed by atoms with Crippen molar-refractivity contribution in [3.63, 3.8) is 0 Å². The summed E-state index contributed by atoms with van der Waals surface area (Å²) >= 11 is 0. The van der Waals surface area contributed by atoms with Gasteiger partial charge < -0.3 is 10.6 Å². The summed E-state index contributed by atoms with van der Waals surface area (Å²) in [5.41, 5.74) is 8.05. The molecule has 1 aromatic heterocycles. The maximum atomic E-state index is 5.93. The molecule has 0 spiro atoms. The van der Waals surface area contributed by atoms with Crippen molar-refractivity contribution in [2.24, 2.45) is 11.3 Å². The van der Waals surface area contributed by atoms with Crippen molar-refractivity contribution in [1.29, 1.82) is 0 Å². The van der Waals surface area contributed by atoms with E-state index in [0.29, 0.717) is 5.41 Å².